The molecule has 3 aromatic rings. The molecule has 3 rings (SSSR count). The summed E-state index contributed by atoms with van der Waals surface area (Å²) >= 11 is 0. The Balaban J connectivity index is 1.94. The number of anilines is 1. The van der Waals surface area contributed by atoms with E-state index in [0.29, 0.717) is 17.5 Å². The Labute approximate surface area is 176 Å². The second-order valence-electron chi connectivity index (χ2n) is 6.46. The van der Waals surface area contributed by atoms with E-state index >= 15 is 0 Å². The number of sulfone groups is 1. The van der Waals surface area contributed by atoms with Crippen molar-refractivity contribution in [3.63, 3.8) is 0 Å². The van der Waals surface area contributed by atoms with Crippen LogP contribution in [0, 0.1) is 6.92 Å². The van der Waals surface area contributed by atoms with Gasteiger partial charge in [0.15, 0.2) is 0 Å². The smallest absolute Gasteiger partial charge is 0.495 e. The fourth-order valence-corrected chi connectivity index (χ4v) is 3.63. The van der Waals surface area contributed by atoms with Crippen LogP contribution in [0.1, 0.15) is 16.1 Å². The average molecular weight is 450 g/mol. The number of carbonyl (C=O) groups is 1. The van der Waals surface area contributed by atoms with Gasteiger partial charge >= 0.3 is 5.51 Å². The van der Waals surface area contributed by atoms with E-state index in [-0.39, 0.29) is 17.0 Å². The van der Waals surface area contributed by atoms with Gasteiger partial charge in [-0.15, -0.1) is 0 Å². The number of carbonyl (C=O) groups excluding carboxylic acids is 1. The Morgan fingerprint density at radius 1 is 1.03 bits per heavy atom. The van der Waals surface area contributed by atoms with Gasteiger partial charge < -0.3 is 10.1 Å². The molecule has 0 bridgehead atoms. The third-order valence-electron chi connectivity index (χ3n) is 4.43. The molecule has 162 valence electrons. The number of amides is 1. The molecule has 0 unspecified atom stereocenters. The summed E-state index contributed by atoms with van der Waals surface area (Å²) in [5.41, 5.74) is -3.64. The van der Waals surface area contributed by atoms with Crippen LogP contribution >= 0.6 is 0 Å². The second kappa shape index (κ2) is 8.38. The highest BCUT2D eigenvalue weighted by Gasteiger charge is 2.47. The third-order valence-corrected chi connectivity index (χ3v) is 5.92. The fourth-order valence-electron chi connectivity index (χ4n) is 2.85. The normalized spacial score (nSPS) is 11.8. The van der Waals surface area contributed by atoms with Gasteiger partial charge in [-0.3, -0.25) is 9.78 Å². The molecule has 0 aliphatic carbocycles. The lowest BCUT2D eigenvalue weighted by Gasteiger charge is -2.14. The lowest BCUT2D eigenvalue weighted by Crippen LogP contribution is -2.23. The Kier molecular flexibility index (Phi) is 6.03. The molecule has 0 atom stereocenters. The Bertz CT molecular complexity index is 1230. The number of aryl methyl sites for hydroxylation is 1. The average Bonchev–Trinajstić information content (AvgIpc) is 2.73. The van der Waals surface area contributed by atoms with Gasteiger partial charge in [-0.25, -0.2) is 8.42 Å². The van der Waals surface area contributed by atoms with Gasteiger partial charge in [0, 0.05) is 5.56 Å². The Morgan fingerprint density at radius 3 is 2.29 bits per heavy atom. The highest BCUT2D eigenvalue weighted by molar-refractivity contribution is 7.92. The van der Waals surface area contributed by atoms with Crippen molar-refractivity contribution in [3.05, 3.63) is 71.9 Å². The Morgan fingerprint density at radius 2 is 1.71 bits per heavy atom. The zero-order chi connectivity index (χ0) is 22.8. The van der Waals surface area contributed by atoms with Crippen LogP contribution in [0.5, 0.6) is 5.75 Å². The van der Waals surface area contributed by atoms with E-state index in [1.165, 1.54) is 13.2 Å². The second-order valence-corrected chi connectivity index (χ2v) is 8.40. The van der Waals surface area contributed by atoms with Crippen LogP contribution in [0.2, 0.25) is 0 Å². The number of pyridine rings is 1. The molecule has 1 N–H and O–H groups in total. The van der Waals surface area contributed by atoms with Crippen LogP contribution < -0.4 is 10.1 Å². The molecule has 6 nitrogen and oxygen atoms in total. The predicted octanol–water partition coefficient (Wildman–Crippen LogP) is 4.61. The summed E-state index contributed by atoms with van der Waals surface area (Å²) in [6.45, 7) is 1.61. The highest BCUT2D eigenvalue weighted by Crippen LogP contribution is 2.35. The minimum absolute atomic E-state index is 0.000919. The van der Waals surface area contributed by atoms with E-state index in [2.05, 4.69) is 10.3 Å². The first-order valence-corrected chi connectivity index (χ1v) is 10.4. The van der Waals surface area contributed by atoms with Gasteiger partial charge in [0.2, 0.25) is 0 Å². The van der Waals surface area contributed by atoms with Crippen molar-refractivity contribution in [3.8, 4) is 17.0 Å². The van der Waals surface area contributed by atoms with Crippen molar-refractivity contribution in [1.82, 2.24) is 4.98 Å². The molecule has 0 aliphatic heterocycles. The maximum atomic E-state index is 12.9. The van der Waals surface area contributed by atoms with Gasteiger partial charge in [-0.2, -0.15) is 13.2 Å². The first kappa shape index (κ1) is 22.3. The lowest BCUT2D eigenvalue weighted by atomic mass is 10.1. The highest BCUT2D eigenvalue weighted by atomic mass is 32.2. The molecule has 0 aliphatic rings. The summed E-state index contributed by atoms with van der Waals surface area (Å²) < 4.78 is 67.1. The lowest BCUT2D eigenvalue weighted by molar-refractivity contribution is -0.0436. The monoisotopic (exact) mass is 450 g/mol. The van der Waals surface area contributed by atoms with E-state index in [0.717, 1.165) is 17.7 Å². The molecule has 1 heterocycles. The number of methoxy groups -OCH3 is 1. The minimum Gasteiger partial charge on any atom is -0.495 e. The van der Waals surface area contributed by atoms with Crippen molar-refractivity contribution in [2.75, 3.05) is 12.4 Å². The number of hydrogen-bond donors (Lipinski definition) is 1. The summed E-state index contributed by atoms with van der Waals surface area (Å²) in [6.07, 6.45) is 0. The number of nitrogens with zero attached hydrogens (tertiary/aromatic N) is 1. The maximum absolute atomic E-state index is 12.9. The molecule has 1 amide bonds. The standard InChI is InChI=1S/C21H17F3N2O4S/c1-13-16(9-10-17(25-13)14-6-4-3-5-7-14)20(27)26-18-12-15(8-11-19(18)30-2)31(28,29)21(22,23)24/h3-12H,1-2H3,(H,26,27). The number of benzene rings is 2. The molecule has 31 heavy (non-hydrogen) atoms. The molecular formula is C21H17F3N2O4S. The van der Waals surface area contributed by atoms with Crippen LogP contribution in [0.25, 0.3) is 11.3 Å². The summed E-state index contributed by atoms with van der Waals surface area (Å²) in [4.78, 5) is 16.1. The van der Waals surface area contributed by atoms with Gasteiger partial charge in [-0.1, -0.05) is 30.3 Å². The van der Waals surface area contributed by atoms with Crippen molar-refractivity contribution < 1.29 is 31.1 Å². The van der Waals surface area contributed by atoms with Crippen LogP contribution in [-0.2, 0) is 9.84 Å². The minimum atomic E-state index is -5.59. The molecular weight excluding hydrogens is 433 g/mol. The molecule has 0 saturated carbocycles. The predicted molar refractivity (Wildman–Crippen MR) is 109 cm³/mol. The number of alkyl halides is 3. The molecule has 0 radical (unpaired) electrons. The van der Waals surface area contributed by atoms with Gasteiger partial charge in [0.1, 0.15) is 5.75 Å². The van der Waals surface area contributed by atoms with E-state index < -0.39 is 26.1 Å². The zero-order valence-electron chi connectivity index (χ0n) is 16.4. The number of hydrogen-bond acceptors (Lipinski definition) is 5. The van der Waals surface area contributed by atoms with Gasteiger partial charge in [-0.05, 0) is 37.3 Å². The van der Waals surface area contributed by atoms with E-state index in [4.69, 9.17) is 4.74 Å². The summed E-state index contributed by atoms with van der Waals surface area (Å²) in [7, 11) is -4.35. The maximum Gasteiger partial charge on any atom is 0.501 e. The first-order chi connectivity index (χ1) is 14.5. The summed E-state index contributed by atoms with van der Waals surface area (Å²) in [5.74, 6) is -0.675. The van der Waals surface area contributed by atoms with E-state index in [1.54, 1.807) is 13.0 Å². The topological polar surface area (TPSA) is 85.4 Å². The van der Waals surface area contributed by atoms with E-state index in [9.17, 15) is 26.4 Å². The molecule has 2 aromatic carbocycles. The quantitative estimate of drug-likeness (QED) is 0.614. The first-order valence-electron chi connectivity index (χ1n) is 8.88. The van der Waals surface area contributed by atoms with Crippen molar-refractivity contribution in [2.24, 2.45) is 0 Å². The van der Waals surface area contributed by atoms with Crippen LogP contribution in [0.3, 0.4) is 0 Å². The zero-order valence-corrected chi connectivity index (χ0v) is 17.2. The molecule has 1 aromatic heterocycles. The van der Waals surface area contributed by atoms with Gasteiger partial charge in [0.05, 0.1) is 34.6 Å². The summed E-state index contributed by atoms with van der Waals surface area (Å²) in [6, 6.07) is 15.0. The molecule has 0 spiro atoms. The third kappa shape index (κ3) is 4.53. The van der Waals surface area contributed by atoms with Crippen molar-refractivity contribution in [1.29, 1.82) is 0 Å². The number of halogens is 3. The van der Waals surface area contributed by atoms with Crippen LogP contribution in [-0.4, -0.2) is 31.9 Å². The van der Waals surface area contributed by atoms with Crippen LogP contribution in [0.4, 0.5) is 18.9 Å². The fraction of sp³-hybridized carbons (Fsp3) is 0.143. The number of ether oxygens (including phenoxy) is 1. The molecule has 0 fully saturated rings. The van der Waals surface area contributed by atoms with Gasteiger partial charge in [0.25, 0.3) is 15.7 Å². The number of rotatable bonds is 5. The molecule has 0 saturated heterocycles. The summed E-state index contributed by atoms with van der Waals surface area (Å²) in [5, 5.41) is 2.41. The number of nitrogens with one attached hydrogen (secondary N) is 1. The molecule has 10 heteroatoms. The Hall–Kier alpha value is -3.40. The van der Waals surface area contributed by atoms with Crippen LogP contribution in [0.15, 0.2) is 65.6 Å². The largest absolute Gasteiger partial charge is 0.501 e. The van der Waals surface area contributed by atoms with Crippen molar-refractivity contribution in [2.45, 2.75) is 17.3 Å². The van der Waals surface area contributed by atoms with Crippen molar-refractivity contribution >= 4 is 21.4 Å². The number of aromatic nitrogens is 1. The van der Waals surface area contributed by atoms with E-state index in [1.807, 2.05) is 30.3 Å². The SMILES string of the molecule is COc1ccc(S(=O)(=O)C(F)(F)F)cc1NC(=O)c1ccc(-c2ccccc2)nc1C.